The fourth-order valence-electron chi connectivity index (χ4n) is 0.707. The molecule has 4 nitrogen and oxygen atoms in total. The normalized spacial score (nSPS) is 8.33. The summed E-state index contributed by atoms with van der Waals surface area (Å²) in [5.74, 6) is 0.425. The molecule has 0 saturated carbocycles. The van der Waals surface area contributed by atoms with Crippen LogP contribution in [0.2, 0.25) is 0 Å². The molecule has 1 N–H and O–H groups in total. The van der Waals surface area contributed by atoms with Crippen LogP contribution in [-0.2, 0) is 9.26 Å². The standard InChI is InChI=1S/C6H6O3Si.C4H8O/c7-10(8)9-6-4-2-1-3-5-6;1-2-3-4-5/h1-5,7H;4H,2-3H2,1H3. The van der Waals surface area contributed by atoms with Gasteiger partial charge in [0.25, 0.3) is 0 Å². The Hall–Kier alpha value is -1.49. The number of para-hydroxylation sites is 1. The summed E-state index contributed by atoms with van der Waals surface area (Å²) in [5, 5.41) is 0. The molecule has 0 bridgehead atoms. The van der Waals surface area contributed by atoms with Crippen molar-refractivity contribution < 1.29 is 18.5 Å². The number of rotatable bonds is 4. The molecule has 0 fully saturated rings. The van der Waals surface area contributed by atoms with Crippen molar-refractivity contribution in [3.8, 4) is 5.75 Å². The zero-order valence-corrected chi connectivity index (χ0v) is 9.55. The topological polar surface area (TPSA) is 63.6 Å². The average molecular weight is 226 g/mol. The molecule has 0 amide bonds. The van der Waals surface area contributed by atoms with E-state index in [0.29, 0.717) is 12.2 Å². The highest BCUT2D eigenvalue weighted by Gasteiger charge is 2.03. The van der Waals surface area contributed by atoms with Crippen molar-refractivity contribution in [2.45, 2.75) is 19.8 Å². The van der Waals surface area contributed by atoms with Crippen LogP contribution in [0.3, 0.4) is 0 Å². The maximum absolute atomic E-state index is 10.1. The van der Waals surface area contributed by atoms with Crippen LogP contribution in [0, 0.1) is 0 Å². The van der Waals surface area contributed by atoms with Gasteiger partial charge in [-0.15, -0.1) is 0 Å². The van der Waals surface area contributed by atoms with Gasteiger partial charge in [-0.2, -0.15) is 0 Å². The molecule has 0 heterocycles. The van der Waals surface area contributed by atoms with Gasteiger partial charge in [-0.25, -0.2) is 0 Å². The van der Waals surface area contributed by atoms with Gasteiger partial charge in [-0.3, -0.25) is 4.46 Å². The third-order valence-electron chi connectivity index (χ3n) is 1.35. The molecule has 0 aliphatic carbocycles. The summed E-state index contributed by atoms with van der Waals surface area (Å²) in [5.41, 5.74) is 0. The maximum atomic E-state index is 10.1. The maximum Gasteiger partial charge on any atom is 0.770 e. The number of unbranched alkanes of at least 4 members (excludes halogenated alkanes) is 1. The first-order valence-electron chi connectivity index (χ1n) is 4.60. The highest BCUT2D eigenvalue weighted by molar-refractivity contribution is 6.25. The second-order valence-corrected chi connectivity index (χ2v) is 3.37. The van der Waals surface area contributed by atoms with E-state index < -0.39 is 9.17 Å². The summed E-state index contributed by atoms with van der Waals surface area (Å²) in [7, 11) is -2.84. The van der Waals surface area contributed by atoms with Crippen molar-refractivity contribution in [2.24, 2.45) is 0 Å². The Morgan fingerprint density at radius 2 is 2.00 bits per heavy atom. The number of aldehydes is 1. The van der Waals surface area contributed by atoms with Gasteiger partial charge in [0.05, 0.1) is 0 Å². The van der Waals surface area contributed by atoms with Crippen LogP contribution in [0.4, 0.5) is 0 Å². The lowest BCUT2D eigenvalue weighted by atomic mass is 10.3. The van der Waals surface area contributed by atoms with Crippen molar-refractivity contribution in [3.63, 3.8) is 0 Å². The summed E-state index contributed by atoms with van der Waals surface area (Å²) in [6.07, 6.45) is 2.61. The van der Waals surface area contributed by atoms with E-state index in [9.17, 15) is 9.26 Å². The SMILES string of the molecule is CCCC=O.O=[Si](O)Oc1ccccc1. The van der Waals surface area contributed by atoms with Gasteiger partial charge in [-0.05, 0) is 18.6 Å². The van der Waals surface area contributed by atoms with Crippen LogP contribution in [0.1, 0.15) is 19.8 Å². The quantitative estimate of drug-likeness (QED) is 0.623. The zero-order valence-electron chi connectivity index (χ0n) is 8.55. The van der Waals surface area contributed by atoms with Crippen molar-refractivity contribution in [1.29, 1.82) is 0 Å². The molecular weight excluding hydrogens is 212 g/mol. The van der Waals surface area contributed by atoms with E-state index in [1.807, 2.05) is 6.92 Å². The van der Waals surface area contributed by atoms with Crippen molar-refractivity contribution in [2.75, 3.05) is 0 Å². The van der Waals surface area contributed by atoms with E-state index >= 15 is 0 Å². The summed E-state index contributed by atoms with van der Waals surface area (Å²) >= 11 is 0. The Labute approximate surface area is 90.4 Å². The third kappa shape index (κ3) is 8.83. The predicted octanol–water partition coefficient (Wildman–Crippen LogP) is 1.46. The highest BCUT2D eigenvalue weighted by Crippen LogP contribution is 2.06. The summed E-state index contributed by atoms with van der Waals surface area (Å²) in [6, 6.07) is 8.53. The largest absolute Gasteiger partial charge is 0.770 e. The molecule has 0 spiro atoms. The Morgan fingerprint density at radius 3 is 2.33 bits per heavy atom. The Morgan fingerprint density at radius 1 is 1.40 bits per heavy atom. The molecule has 82 valence electrons. The minimum Gasteiger partial charge on any atom is -0.511 e. The number of hydrogen-bond donors (Lipinski definition) is 1. The van der Waals surface area contributed by atoms with E-state index in [1.165, 1.54) is 0 Å². The Bertz CT molecular complexity index is 287. The number of carbonyl (C=O) groups excluding carboxylic acids is 1. The van der Waals surface area contributed by atoms with E-state index in [2.05, 4.69) is 4.43 Å². The van der Waals surface area contributed by atoms with E-state index in [4.69, 9.17) is 4.80 Å². The van der Waals surface area contributed by atoms with Crippen LogP contribution in [0.5, 0.6) is 5.75 Å². The highest BCUT2D eigenvalue weighted by atomic mass is 28.3. The zero-order chi connectivity index (χ0) is 11.5. The summed E-state index contributed by atoms with van der Waals surface area (Å²) in [4.78, 5) is 17.7. The molecule has 0 aliphatic heterocycles. The van der Waals surface area contributed by atoms with Crippen LogP contribution in [-0.4, -0.2) is 20.3 Å². The summed E-state index contributed by atoms with van der Waals surface area (Å²) < 4.78 is 14.6. The molecule has 1 rings (SSSR count). The van der Waals surface area contributed by atoms with Crippen molar-refractivity contribution >= 4 is 15.5 Å². The molecule has 0 aromatic heterocycles. The van der Waals surface area contributed by atoms with Gasteiger partial charge in [-0.1, -0.05) is 25.1 Å². The van der Waals surface area contributed by atoms with Gasteiger partial charge >= 0.3 is 9.17 Å². The predicted molar refractivity (Wildman–Crippen MR) is 56.7 cm³/mol. The molecular formula is C10H14O4Si. The third-order valence-corrected chi connectivity index (χ3v) is 1.77. The monoisotopic (exact) mass is 226 g/mol. The van der Waals surface area contributed by atoms with Gasteiger partial charge < -0.3 is 14.0 Å². The van der Waals surface area contributed by atoms with Gasteiger partial charge in [0.2, 0.25) is 0 Å². The lowest BCUT2D eigenvalue weighted by Gasteiger charge is -1.95. The second kappa shape index (κ2) is 9.08. The Kier molecular flexibility index (Phi) is 8.17. The first kappa shape index (κ1) is 13.5. The summed E-state index contributed by atoms with van der Waals surface area (Å²) in [6.45, 7) is 1.98. The van der Waals surface area contributed by atoms with Gasteiger partial charge in [0.15, 0.2) is 0 Å². The first-order chi connectivity index (χ1) is 7.20. The van der Waals surface area contributed by atoms with Crippen LogP contribution in [0.15, 0.2) is 30.3 Å². The molecule has 0 radical (unpaired) electrons. The fourth-order valence-corrected chi connectivity index (χ4v) is 1.04. The van der Waals surface area contributed by atoms with Gasteiger partial charge in [0, 0.05) is 6.42 Å². The molecule has 0 aliphatic rings. The number of carbonyl (C=O) groups is 1. The van der Waals surface area contributed by atoms with Crippen molar-refractivity contribution in [1.82, 2.24) is 0 Å². The molecule has 0 unspecified atom stereocenters. The smallest absolute Gasteiger partial charge is 0.511 e. The van der Waals surface area contributed by atoms with Crippen LogP contribution < -0.4 is 4.43 Å². The minimum atomic E-state index is -2.84. The van der Waals surface area contributed by atoms with Crippen molar-refractivity contribution in [3.05, 3.63) is 30.3 Å². The molecule has 5 heteroatoms. The van der Waals surface area contributed by atoms with E-state index in [0.717, 1.165) is 12.7 Å². The van der Waals surface area contributed by atoms with E-state index in [-0.39, 0.29) is 0 Å². The lowest BCUT2D eigenvalue weighted by molar-refractivity contribution is -0.107. The fraction of sp³-hybridized carbons (Fsp3) is 0.300. The average Bonchev–Trinajstić information content (AvgIpc) is 2.20. The molecule has 0 saturated heterocycles. The second-order valence-electron chi connectivity index (χ2n) is 2.64. The number of hydrogen-bond acceptors (Lipinski definition) is 3. The van der Waals surface area contributed by atoms with E-state index in [1.54, 1.807) is 30.3 Å². The molecule has 1 aromatic carbocycles. The molecule has 1 aromatic rings. The molecule has 0 atom stereocenters. The van der Waals surface area contributed by atoms with Crippen LogP contribution >= 0.6 is 0 Å². The lowest BCUT2D eigenvalue weighted by Crippen LogP contribution is -2.08. The molecule has 15 heavy (non-hydrogen) atoms. The first-order valence-corrected chi connectivity index (χ1v) is 5.86. The minimum absolute atomic E-state index is 0.425. The van der Waals surface area contributed by atoms with Gasteiger partial charge in [0.1, 0.15) is 12.0 Å². The Balaban J connectivity index is 0.000000336. The number of benzene rings is 1. The van der Waals surface area contributed by atoms with Crippen LogP contribution in [0.25, 0.3) is 0 Å².